The molecule has 0 radical (unpaired) electrons. The number of benzene rings is 1. The van der Waals surface area contributed by atoms with E-state index in [1.807, 2.05) is 35.9 Å². The van der Waals surface area contributed by atoms with Gasteiger partial charge in [-0.05, 0) is 24.6 Å². The number of rotatable bonds is 7. The average Bonchev–Trinajstić information content (AvgIpc) is 2.89. The van der Waals surface area contributed by atoms with Crippen molar-refractivity contribution in [2.75, 3.05) is 21.0 Å². The molecule has 0 aliphatic carbocycles. The molecule has 2 rings (SSSR count). The Morgan fingerprint density at radius 2 is 2.00 bits per heavy atom. The molecule has 0 bridgehead atoms. The molecule has 0 amide bonds. The lowest BCUT2D eigenvalue weighted by molar-refractivity contribution is -0.118. The van der Waals surface area contributed by atoms with Gasteiger partial charge in [-0.25, -0.2) is 0 Å². The predicted octanol–water partition coefficient (Wildman–Crippen LogP) is 2.92. The maximum atomic E-state index is 11.7. The van der Waals surface area contributed by atoms with E-state index in [0.29, 0.717) is 12.5 Å². The van der Waals surface area contributed by atoms with E-state index in [0.717, 1.165) is 16.5 Å². The summed E-state index contributed by atoms with van der Waals surface area (Å²) in [4.78, 5) is 11.7. The van der Waals surface area contributed by atoms with E-state index < -0.39 is 0 Å². The lowest BCUT2D eigenvalue weighted by atomic mass is 9.94. The Bertz CT molecular complexity index is 632. The first kappa shape index (κ1) is 15.5. The Labute approximate surface area is 124 Å². The van der Waals surface area contributed by atoms with Crippen molar-refractivity contribution in [2.24, 2.45) is 0 Å². The van der Waals surface area contributed by atoms with Crippen LogP contribution in [0.25, 0.3) is 10.9 Å². The predicted molar refractivity (Wildman–Crippen MR) is 80.5 cm³/mol. The lowest BCUT2D eigenvalue weighted by Crippen LogP contribution is -2.07. The van der Waals surface area contributed by atoms with Crippen LogP contribution in [0.1, 0.15) is 25.3 Å². The number of ketones is 1. The van der Waals surface area contributed by atoms with Crippen LogP contribution >= 0.6 is 0 Å². The van der Waals surface area contributed by atoms with Crippen molar-refractivity contribution in [3.05, 3.63) is 30.0 Å². The van der Waals surface area contributed by atoms with E-state index in [-0.39, 0.29) is 18.5 Å². The fraction of sp³-hybridized carbons (Fsp3) is 0.438. The van der Waals surface area contributed by atoms with Gasteiger partial charge in [0.2, 0.25) is 0 Å². The van der Waals surface area contributed by atoms with Crippen molar-refractivity contribution in [1.82, 2.24) is 4.57 Å². The SMILES string of the molecule is COCOc1ccc([C@H](C)C(C)=O)c2ccn(COC)c12. The molecule has 0 aliphatic rings. The first-order chi connectivity index (χ1) is 10.1. The Morgan fingerprint density at radius 1 is 1.24 bits per heavy atom. The lowest BCUT2D eigenvalue weighted by Gasteiger charge is -2.15. The summed E-state index contributed by atoms with van der Waals surface area (Å²) in [6.07, 6.45) is 1.93. The quantitative estimate of drug-likeness (QED) is 0.736. The number of aromatic nitrogens is 1. The maximum absolute atomic E-state index is 11.7. The third-order valence-corrected chi connectivity index (χ3v) is 3.60. The number of methoxy groups -OCH3 is 2. The van der Waals surface area contributed by atoms with Gasteiger partial charge in [-0.1, -0.05) is 13.0 Å². The number of ether oxygens (including phenoxy) is 3. The summed E-state index contributed by atoms with van der Waals surface area (Å²) < 4.78 is 17.8. The van der Waals surface area contributed by atoms with Crippen molar-refractivity contribution >= 4 is 16.7 Å². The van der Waals surface area contributed by atoms with Crippen molar-refractivity contribution in [1.29, 1.82) is 0 Å². The van der Waals surface area contributed by atoms with Gasteiger partial charge in [-0.2, -0.15) is 0 Å². The molecule has 1 heterocycles. The topological polar surface area (TPSA) is 49.7 Å². The molecule has 5 heteroatoms. The highest BCUT2D eigenvalue weighted by molar-refractivity contribution is 5.94. The third-order valence-electron chi connectivity index (χ3n) is 3.60. The van der Waals surface area contributed by atoms with E-state index in [1.54, 1.807) is 21.1 Å². The minimum atomic E-state index is -0.151. The van der Waals surface area contributed by atoms with Crippen LogP contribution in [0.15, 0.2) is 24.4 Å². The fourth-order valence-corrected chi connectivity index (χ4v) is 2.40. The molecule has 1 aromatic carbocycles. The van der Waals surface area contributed by atoms with E-state index in [2.05, 4.69) is 0 Å². The van der Waals surface area contributed by atoms with Crippen LogP contribution in [-0.2, 0) is 21.0 Å². The largest absolute Gasteiger partial charge is 0.465 e. The number of fused-ring (bicyclic) bond motifs is 1. The summed E-state index contributed by atoms with van der Waals surface area (Å²) >= 11 is 0. The number of hydrogen-bond acceptors (Lipinski definition) is 4. The Morgan fingerprint density at radius 3 is 2.62 bits per heavy atom. The molecule has 1 aromatic heterocycles. The molecule has 114 valence electrons. The van der Waals surface area contributed by atoms with Gasteiger partial charge < -0.3 is 18.8 Å². The van der Waals surface area contributed by atoms with Crippen LogP contribution in [0, 0.1) is 0 Å². The van der Waals surface area contributed by atoms with E-state index in [4.69, 9.17) is 14.2 Å². The van der Waals surface area contributed by atoms with E-state index >= 15 is 0 Å². The van der Waals surface area contributed by atoms with Crippen molar-refractivity contribution < 1.29 is 19.0 Å². The fourth-order valence-electron chi connectivity index (χ4n) is 2.40. The summed E-state index contributed by atoms with van der Waals surface area (Å²) in [5.74, 6) is 0.706. The molecule has 1 atom stereocenters. The third kappa shape index (κ3) is 3.09. The molecule has 2 aromatic rings. The zero-order valence-electron chi connectivity index (χ0n) is 12.9. The Hall–Kier alpha value is -1.85. The van der Waals surface area contributed by atoms with Crippen LogP contribution in [0.3, 0.4) is 0 Å². The molecule has 0 spiro atoms. The summed E-state index contributed by atoms with van der Waals surface area (Å²) in [6, 6.07) is 5.81. The number of carbonyl (C=O) groups excluding carboxylic acids is 1. The number of carbonyl (C=O) groups is 1. The molecule has 0 N–H and O–H groups in total. The molecule has 0 saturated heterocycles. The minimum Gasteiger partial charge on any atom is -0.465 e. The second-order valence-corrected chi connectivity index (χ2v) is 5.00. The van der Waals surface area contributed by atoms with Crippen molar-refractivity contribution in [3.63, 3.8) is 0 Å². The Balaban J connectivity index is 2.57. The van der Waals surface area contributed by atoms with E-state index in [1.165, 1.54) is 0 Å². The molecule has 0 fully saturated rings. The molecular formula is C16H21NO4. The van der Waals surface area contributed by atoms with Crippen LogP contribution < -0.4 is 4.74 Å². The van der Waals surface area contributed by atoms with Crippen LogP contribution in [0.4, 0.5) is 0 Å². The Kier molecular flexibility index (Phi) is 4.98. The monoisotopic (exact) mass is 291 g/mol. The molecule has 0 aliphatic heterocycles. The van der Waals surface area contributed by atoms with Crippen LogP contribution in [0.5, 0.6) is 5.75 Å². The number of nitrogens with zero attached hydrogens (tertiary/aromatic N) is 1. The van der Waals surface area contributed by atoms with Gasteiger partial charge in [0.15, 0.2) is 6.79 Å². The van der Waals surface area contributed by atoms with Crippen molar-refractivity contribution in [3.8, 4) is 5.75 Å². The van der Waals surface area contributed by atoms with Gasteiger partial charge in [0, 0.05) is 31.7 Å². The number of Topliss-reactive ketones (excluding diaryl/α,β-unsaturated/α-hetero) is 1. The summed E-state index contributed by atoms with van der Waals surface area (Å²) in [5, 5.41) is 1.00. The van der Waals surface area contributed by atoms with Crippen molar-refractivity contribution in [2.45, 2.75) is 26.5 Å². The number of hydrogen-bond donors (Lipinski definition) is 0. The maximum Gasteiger partial charge on any atom is 0.188 e. The smallest absolute Gasteiger partial charge is 0.188 e. The highest BCUT2D eigenvalue weighted by atomic mass is 16.7. The molecule has 0 unspecified atom stereocenters. The first-order valence-electron chi connectivity index (χ1n) is 6.83. The minimum absolute atomic E-state index is 0.140. The highest BCUT2D eigenvalue weighted by Gasteiger charge is 2.18. The first-order valence-corrected chi connectivity index (χ1v) is 6.83. The van der Waals surface area contributed by atoms with Gasteiger partial charge in [-0.15, -0.1) is 0 Å². The van der Waals surface area contributed by atoms with E-state index in [9.17, 15) is 4.79 Å². The molecule has 21 heavy (non-hydrogen) atoms. The normalized spacial score (nSPS) is 12.6. The zero-order valence-corrected chi connectivity index (χ0v) is 12.9. The zero-order chi connectivity index (χ0) is 15.4. The second-order valence-electron chi connectivity index (χ2n) is 5.00. The van der Waals surface area contributed by atoms with Gasteiger partial charge >= 0.3 is 0 Å². The van der Waals surface area contributed by atoms with Gasteiger partial charge in [0.25, 0.3) is 0 Å². The summed E-state index contributed by atoms with van der Waals surface area (Å²) in [5.41, 5.74) is 1.91. The summed E-state index contributed by atoms with van der Waals surface area (Å²) in [7, 11) is 3.22. The second kappa shape index (κ2) is 6.74. The highest BCUT2D eigenvalue weighted by Crippen LogP contribution is 2.33. The standard InChI is InChI=1S/C16H21NO4/c1-11(12(2)18)13-5-6-15(21-10-20-4)16-14(13)7-8-17(16)9-19-3/h5-8,11H,9-10H2,1-4H3/t11-/m1/s1. The van der Waals surface area contributed by atoms with Crippen LogP contribution in [-0.4, -0.2) is 31.4 Å². The van der Waals surface area contributed by atoms with Gasteiger partial charge in [-0.3, -0.25) is 4.79 Å². The van der Waals surface area contributed by atoms with Gasteiger partial charge in [0.05, 0.1) is 5.52 Å². The molecular weight excluding hydrogens is 270 g/mol. The van der Waals surface area contributed by atoms with Gasteiger partial charge in [0.1, 0.15) is 18.3 Å². The average molecular weight is 291 g/mol. The summed E-state index contributed by atoms with van der Waals surface area (Å²) in [6.45, 7) is 4.12. The molecule has 0 saturated carbocycles. The molecule has 5 nitrogen and oxygen atoms in total. The van der Waals surface area contributed by atoms with Crippen LogP contribution in [0.2, 0.25) is 0 Å².